The van der Waals surface area contributed by atoms with Crippen molar-refractivity contribution in [3.63, 3.8) is 0 Å². The maximum Gasteiger partial charge on any atom is 0.306 e. The molecule has 0 aliphatic rings. The van der Waals surface area contributed by atoms with Crippen LogP contribution in [0.15, 0.2) is 0 Å². The molecule has 96 valence electrons. The van der Waals surface area contributed by atoms with Crippen molar-refractivity contribution in [3.05, 3.63) is 0 Å². The van der Waals surface area contributed by atoms with Gasteiger partial charge in [-0.1, -0.05) is 40.0 Å². The Kier molecular flexibility index (Phi) is 8.93. The minimum absolute atomic E-state index is 0.0647. The zero-order chi connectivity index (χ0) is 12.4. The van der Waals surface area contributed by atoms with E-state index in [1.165, 1.54) is 25.7 Å². The summed E-state index contributed by atoms with van der Waals surface area (Å²) < 4.78 is 5.16. The fraction of sp³-hybridized carbons (Fsp3) is 0.923. The van der Waals surface area contributed by atoms with Gasteiger partial charge in [0.1, 0.15) is 0 Å². The molecule has 1 unspecified atom stereocenters. The summed E-state index contributed by atoms with van der Waals surface area (Å²) in [5.74, 6) is -0.0647. The summed E-state index contributed by atoms with van der Waals surface area (Å²) in [6, 6.07) is 0. The van der Waals surface area contributed by atoms with E-state index in [4.69, 9.17) is 4.74 Å². The third-order valence-electron chi connectivity index (χ3n) is 3.71. The van der Waals surface area contributed by atoms with Crippen molar-refractivity contribution in [1.29, 1.82) is 0 Å². The molecule has 0 N–H and O–H groups in total. The number of carbonyl (C=O) groups is 1. The topological polar surface area (TPSA) is 26.3 Å². The Morgan fingerprint density at radius 1 is 1.19 bits per heavy atom. The van der Waals surface area contributed by atoms with Gasteiger partial charge in [0.25, 0.3) is 0 Å². The molecule has 0 aromatic rings. The van der Waals surface area contributed by atoms with Gasteiger partial charge in [0.15, 0.2) is 0 Å². The van der Waals surface area contributed by atoms with E-state index in [0.717, 1.165) is 12.6 Å². The van der Waals surface area contributed by atoms with Gasteiger partial charge >= 0.3 is 5.97 Å². The first kappa shape index (κ1) is 15.9. The van der Waals surface area contributed by atoms with Gasteiger partial charge in [-0.2, -0.15) is 0 Å². The summed E-state index contributed by atoms with van der Waals surface area (Å²) in [5.41, 5.74) is 0.465. The highest BCUT2D eigenvalue weighted by Gasteiger charge is 2.23. The summed E-state index contributed by atoms with van der Waals surface area (Å²) in [6.45, 7) is 7.36. The number of hydrogen-bond acceptors (Lipinski definition) is 2. The van der Waals surface area contributed by atoms with Crippen LogP contribution in [0.25, 0.3) is 0 Å². The van der Waals surface area contributed by atoms with Gasteiger partial charge in [0.2, 0.25) is 0 Å². The van der Waals surface area contributed by atoms with Crippen LogP contribution >= 0.6 is 9.24 Å². The molecule has 0 spiro atoms. The molecular formula is C13H27O2P. The largest absolute Gasteiger partial charge is 0.466 e. The van der Waals surface area contributed by atoms with Crippen molar-refractivity contribution < 1.29 is 9.53 Å². The van der Waals surface area contributed by atoms with Gasteiger partial charge in [-0.05, 0) is 24.4 Å². The highest BCUT2D eigenvalue weighted by molar-refractivity contribution is 7.16. The van der Waals surface area contributed by atoms with Gasteiger partial charge in [-0.3, -0.25) is 4.79 Å². The molecule has 0 saturated carbocycles. The predicted molar refractivity (Wildman–Crippen MR) is 72.7 cm³/mol. The third kappa shape index (κ3) is 5.84. The summed E-state index contributed by atoms with van der Waals surface area (Å²) in [7, 11) is 2.54. The van der Waals surface area contributed by atoms with Crippen molar-refractivity contribution in [1.82, 2.24) is 0 Å². The van der Waals surface area contributed by atoms with Crippen LogP contribution in [0.3, 0.4) is 0 Å². The SMILES string of the molecule is CCC(CC)(CC)CCCOC(=O)CCP. The van der Waals surface area contributed by atoms with Crippen LogP contribution in [-0.4, -0.2) is 18.7 Å². The van der Waals surface area contributed by atoms with Gasteiger partial charge in [-0.25, -0.2) is 0 Å². The second-order valence-electron chi connectivity index (χ2n) is 4.42. The molecule has 0 aliphatic heterocycles. The lowest BCUT2D eigenvalue weighted by atomic mass is 9.76. The van der Waals surface area contributed by atoms with E-state index < -0.39 is 0 Å². The highest BCUT2D eigenvalue weighted by Crippen LogP contribution is 2.35. The molecule has 0 aliphatic carbocycles. The van der Waals surface area contributed by atoms with Crippen LogP contribution in [0.5, 0.6) is 0 Å². The fourth-order valence-corrected chi connectivity index (χ4v) is 2.34. The van der Waals surface area contributed by atoms with Crippen LogP contribution in [0, 0.1) is 5.41 Å². The van der Waals surface area contributed by atoms with Crippen LogP contribution in [-0.2, 0) is 9.53 Å². The molecule has 16 heavy (non-hydrogen) atoms. The summed E-state index contributed by atoms with van der Waals surface area (Å²) in [4.78, 5) is 11.1. The monoisotopic (exact) mass is 246 g/mol. The van der Waals surface area contributed by atoms with E-state index in [1.54, 1.807) is 0 Å². The number of hydrogen-bond donors (Lipinski definition) is 0. The minimum Gasteiger partial charge on any atom is -0.466 e. The molecule has 0 amide bonds. The molecule has 0 radical (unpaired) electrons. The van der Waals surface area contributed by atoms with E-state index in [-0.39, 0.29) is 5.97 Å². The van der Waals surface area contributed by atoms with Gasteiger partial charge in [0.05, 0.1) is 6.61 Å². The average molecular weight is 246 g/mol. The molecular weight excluding hydrogens is 219 g/mol. The normalized spacial score (nSPS) is 11.5. The lowest BCUT2D eigenvalue weighted by Crippen LogP contribution is -2.18. The Morgan fingerprint density at radius 3 is 2.19 bits per heavy atom. The maximum absolute atomic E-state index is 11.1. The number of rotatable bonds is 9. The molecule has 0 fully saturated rings. The number of esters is 1. The van der Waals surface area contributed by atoms with Crippen molar-refractivity contribution >= 4 is 15.2 Å². The molecule has 2 nitrogen and oxygen atoms in total. The van der Waals surface area contributed by atoms with E-state index in [9.17, 15) is 4.79 Å². The van der Waals surface area contributed by atoms with Crippen molar-refractivity contribution in [2.45, 2.75) is 59.3 Å². The Balaban J connectivity index is 3.74. The molecule has 0 bridgehead atoms. The Bertz CT molecular complexity index is 180. The zero-order valence-electron chi connectivity index (χ0n) is 11.1. The van der Waals surface area contributed by atoms with Crippen molar-refractivity contribution in [2.24, 2.45) is 5.41 Å². The van der Waals surface area contributed by atoms with Crippen LogP contribution in [0.2, 0.25) is 0 Å². The lowest BCUT2D eigenvalue weighted by molar-refractivity contribution is -0.143. The second kappa shape index (κ2) is 8.98. The third-order valence-corrected chi connectivity index (χ3v) is 4.00. The van der Waals surface area contributed by atoms with Crippen molar-refractivity contribution in [3.8, 4) is 0 Å². The quantitative estimate of drug-likeness (QED) is 0.351. The Hall–Kier alpha value is -0.100. The summed E-state index contributed by atoms with van der Waals surface area (Å²) >= 11 is 0. The van der Waals surface area contributed by atoms with Gasteiger partial charge in [0, 0.05) is 6.42 Å². The second-order valence-corrected chi connectivity index (χ2v) is 5.00. The minimum atomic E-state index is -0.0647. The molecule has 0 rings (SSSR count). The Labute approximate surface area is 103 Å². The lowest BCUT2D eigenvalue weighted by Gasteiger charge is -2.30. The zero-order valence-corrected chi connectivity index (χ0v) is 12.2. The standard InChI is InChI=1S/C13H27O2P/c1-4-13(5-2,6-3)9-7-10-15-12(14)8-11-16/h4-11,16H2,1-3H3. The van der Waals surface area contributed by atoms with E-state index in [2.05, 4.69) is 30.0 Å². The smallest absolute Gasteiger partial charge is 0.306 e. The van der Waals surface area contributed by atoms with Gasteiger partial charge in [-0.15, -0.1) is 9.24 Å². The molecule has 0 saturated heterocycles. The molecule has 0 aromatic heterocycles. The summed E-state index contributed by atoms with van der Waals surface area (Å²) in [5, 5.41) is 0. The highest BCUT2D eigenvalue weighted by atomic mass is 31.0. The van der Waals surface area contributed by atoms with Crippen LogP contribution in [0.4, 0.5) is 0 Å². The summed E-state index contributed by atoms with van der Waals surface area (Å²) in [6.07, 6.45) is 7.15. The molecule has 1 atom stereocenters. The van der Waals surface area contributed by atoms with Crippen LogP contribution < -0.4 is 0 Å². The predicted octanol–water partition coefficient (Wildman–Crippen LogP) is 3.79. The van der Waals surface area contributed by atoms with E-state index in [0.29, 0.717) is 18.4 Å². The molecule has 0 aromatic carbocycles. The molecule has 0 heterocycles. The Morgan fingerprint density at radius 2 is 1.75 bits per heavy atom. The van der Waals surface area contributed by atoms with E-state index >= 15 is 0 Å². The van der Waals surface area contributed by atoms with Gasteiger partial charge < -0.3 is 4.74 Å². The number of ether oxygens (including phenoxy) is 1. The van der Waals surface area contributed by atoms with Crippen LogP contribution in [0.1, 0.15) is 59.3 Å². The number of carbonyl (C=O) groups excluding carboxylic acids is 1. The first-order valence-electron chi connectivity index (χ1n) is 6.49. The van der Waals surface area contributed by atoms with Crippen molar-refractivity contribution in [2.75, 3.05) is 12.8 Å². The van der Waals surface area contributed by atoms with E-state index in [1.807, 2.05) is 0 Å². The fourth-order valence-electron chi connectivity index (χ4n) is 2.10. The maximum atomic E-state index is 11.1. The first-order chi connectivity index (χ1) is 7.64. The first-order valence-corrected chi connectivity index (χ1v) is 7.31. The molecule has 3 heteroatoms. The average Bonchev–Trinajstić information content (AvgIpc) is 2.31.